The molecule has 0 bridgehead atoms. The topological polar surface area (TPSA) is 54.1 Å². The van der Waals surface area contributed by atoms with Crippen LogP contribution < -0.4 is 10.1 Å². The molecule has 1 amide bonds. The highest BCUT2D eigenvalue weighted by molar-refractivity contribution is 5.94. The maximum Gasteiger partial charge on any atom is 0.251 e. The molecule has 0 aliphatic heterocycles. The van der Waals surface area contributed by atoms with E-state index in [0.29, 0.717) is 12.1 Å². The fraction of sp³-hybridized carbons (Fsp3) is 0.160. The van der Waals surface area contributed by atoms with Crippen molar-refractivity contribution in [2.75, 3.05) is 13.7 Å². The van der Waals surface area contributed by atoms with Gasteiger partial charge in [-0.05, 0) is 48.4 Å². The van der Waals surface area contributed by atoms with Crippen LogP contribution in [0.25, 0.3) is 10.9 Å². The Morgan fingerprint density at radius 3 is 2.45 bits per heavy atom. The summed E-state index contributed by atoms with van der Waals surface area (Å²) in [4.78, 5) is 16.0. The molecule has 0 fully saturated rings. The lowest BCUT2D eigenvalue weighted by atomic mass is 9.90. The van der Waals surface area contributed by atoms with Gasteiger partial charge >= 0.3 is 0 Å². The normalized spacial score (nSPS) is 11.9. The van der Waals surface area contributed by atoms with Gasteiger partial charge < -0.3 is 15.0 Å². The maximum absolute atomic E-state index is 12.7. The number of hydrogen-bond acceptors (Lipinski definition) is 2. The van der Waals surface area contributed by atoms with Crippen molar-refractivity contribution in [3.63, 3.8) is 0 Å². The minimum atomic E-state index is -0.0663. The number of ether oxygens (including phenoxy) is 1. The predicted molar refractivity (Wildman–Crippen MR) is 117 cm³/mol. The van der Waals surface area contributed by atoms with Crippen molar-refractivity contribution in [1.29, 1.82) is 0 Å². The molecule has 29 heavy (non-hydrogen) atoms. The molecule has 4 nitrogen and oxygen atoms in total. The molecule has 0 radical (unpaired) electrons. The number of methoxy groups -OCH3 is 1. The van der Waals surface area contributed by atoms with Gasteiger partial charge in [0.05, 0.1) is 7.11 Å². The number of aryl methyl sites for hydroxylation is 1. The number of aromatic amines is 1. The molecule has 1 atom stereocenters. The first-order chi connectivity index (χ1) is 14.2. The highest BCUT2D eigenvalue weighted by Crippen LogP contribution is 2.31. The fourth-order valence-electron chi connectivity index (χ4n) is 3.63. The first kappa shape index (κ1) is 18.8. The number of rotatable bonds is 6. The Labute approximate surface area is 170 Å². The van der Waals surface area contributed by atoms with Gasteiger partial charge in [-0.2, -0.15) is 0 Å². The van der Waals surface area contributed by atoms with E-state index in [1.165, 1.54) is 0 Å². The summed E-state index contributed by atoms with van der Waals surface area (Å²) in [6.45, 7) is 2.51. The van der Waals surface area contributed by atoms with Crippen molar-refractivity contribution < 1.29 is 9.53 Å². The molecule has 4 aromatic rings. The van der Waals surface area contributed by atoms with E-state index in [9.17, 15) is 4.79 Å². The summed E-state index contributed by atoms with van der Waals surface area (Å²) < 4.78 is 5.30. The second kappa shape index (κ2) is 8.23. The number of carbonyl (C=O) groups is 1. The van der Waals surface area contributed by atoms with Crippen molar-refractivity contribution >= 4 is 16.8 Å². The molecule has 0 saturated heterocycles. The van der Waals surface area contributed by atoms with E-state index in [2.05, 4.69) is 34.6 Å². The monoisotopic (exact) mass is 384 g/mol. The number of hydrogen-bond donors (Lipinski definition) is 2. The van der Waals surface area contributed by atoms with E-state index in [0.717, 1.165) is 33.3 Å². The summed E-state index contributed by atoms with van der Waals surface area (Å²) in [5, 5.41) is 4.28. The largest absolute Gasteiger partial charge is 0.497 e. The Balaban J connectivity index is 1.64. The summed E-state index contributed by atoms with van der Waals surface area (Å²) in [5.41, 5.74) is 5.18. The van der Waals surface area contributed by atoms with Crippen LogP contribution in [0.4, 0.5) is 0 Å². The third-order valence-electron chi connectivity index (χ3n) is 5.30. The first-order valence-corrected chi connectivity index (χ1v) is 9.70. The van der Waals surface area contributed by atoms with E-state index >= 15 is 0 Å². The average Bonchev–Trinajstić information content (AvgIpc) is 3.19. The van der Waals surface area contributed by atoms with Crippen molar-refractivity contribution in [3.8, 4) is 5.75 Å². The van der Waals surface area contributed by atoms with E-state index in [-0.39, 0.29) is 11.8 Å². The molecular formula is C25H24N2O2. The summed E-state index contributed by atoms with van der Waals surface area (Å²) in [6, 6.07) is 23.9. The van der Waals surface area contributed by atoms with Crippen LogP contribution in [0.1, 0.15) is 33.0 Å². The van der Waals surface area contributed by atoms with Crippen LogP contribution in [-0.2, 0) is 0 Å². The number of benzene rings is 3. The van der Waals surface area contributed by atoms with Crippen LogP contribution in [-0.4, -0.2) is 24.5 Å². The number of carbonyl (C=O) groups excluding carboxylic acids is 1. The van der Waals surface area contributed by atoms with Crippen LogP contribution in [0.2, 0.25) is 0 Å². The van der Waals surface area contributed by atoms with Gasteiger partial charge in [-0.3, -0.25) is 4.79 Å². The van der Waals surface area contributed by atoms with Crippen LogP contribution in [0.15, 0.2) is 79.0 Å². The predicted octanol–water partition coefficient (Wildman–Crippen LogP) is 5.05. The molecule has 0 aliphatic carbocycles. The molecular weight excluding hydrogens is 360 g/mol. The minimum absolute atomic E-state index is 0.0199. The lowest BCUT2D eigenvalue weighted by Gasteiger charge is -2.19. The molecule has 146 valence electrons. The Bertz CT molecular complexity index is 1110. The van der Waals surface area contributed by atoms with E-state index in [4.69, 9.17) is 4.74 Å². The molecule has 4 heteroatoms. The second-order valence-electron chi connectivity index (χ2n) is 7.19. The Morgan fingerprint density at radius 1 is 1.00 bits per heavy atom. The highest BCUT2D eigenvalue weighted by Gasteiger charge is 2.19. The van der Waals surface area contributed by atoms with Gasteiger partial charge in [0.25, 0.3) is 5.91 Å². The first-order valence-electron chi connectivity index (χ1n) is 9.70. The Morgan fingerprint density at radius 2 is 1.72 bits per heavy atom. The Hall–Kier alpha value is -3.53. The minimum Gasteiger partial charge on any atom is -0.497 e. The number of fused-ring (bicyclic) bond motifs is 1. The molecule has 0 saturated carbocycles. The summed E-state index contributed by atoms with van der Waals surface area (Å²) in [7, 11) is 1.66. The standard InChI is InChI=1S/C25H24N2O2/c1-17-7-9-19(10-8-17)25(28)27-15-22(18-11-13-20(29-2)14-12-18)23-16-26-24-6-4-3-5-21(23)24/h3-14,16,22,26H,15H2,1-2H3,(H,27,28). The van der Waals surface area contributed by atoms with Gasteiger partial charge in [-0.15, -0.1) is 0 Å². The van der Waals surface area contributed by atoms with Crippen LogP contribution in [0, 0.1) is 6.92 Å². The molecule has 1 aromatic heterocycles. The van der Waals surface area contributed by atoms with Gasteiger partial charge in [-0.1, -0.05) is 48.0 Å². The summed E-state index contributed by atoms with van der Waals surface area (Å²) in [5.74, 6) is 0.768. The van der Waals surface area contributed by atoms with E-state index < -0.39 is 0 Å². The van der Waals surface area contributed by atoms with Gasteiger partial charge in [0, 0.05) is 35.1 Å². The highest BCUT2D eigenvalue weighted by atomic mass is 16.5. The average molecular weight is 384 g/mol. The maximum atomic E-state index is 12.7. The second-order valence-corrected chi connectivity index (χ2v) is 7.19. The summed E-state index contributed by atoms with van der Waals surface area (Å²) >= 11 is 0. The molecule has 1 heterocycles. The van der Waals surface area contributed by atoms with Crippen LogP contribution in [0.3, 0.4) is 0 Å². The quantitative estimate of drug-likeness (QED) is 0.489. The van der Waals surface area contributed by atoms with Crippen molar-refractivity contribution in [1.82, 2.24) is 10.3 Å². The molecule has 4 rings (SSSR count). The zero-order chi connectivity index (χ0) is 20.2. The fourth-order valence-corrected chi connectivity index (χ4v) is 3.63. The number of amides is 1. The number of para-hydroxylation sites is 1. The SMILES string of the molecule is COc1ccc(C(CNC(=O)c2ccc(C)cc2)c2c[nH]c3ccccc23)cc1. The third-order valence-corrected chi connectivity index (χ3v) is 5.30. The number of aromatic nitrogens is 1. The lowest BCUT2D eigenvalue weighted by molar-refractivity contribution is 0.0952. The number of H-pyrrole nitrogens is 1. The molecule has 3 aromatic carbocycles. The van der Waals surface area contributed by atoms with Gasteiger partial charge in [0.1, 0.15) is 5.75 Å². The molecule has 1 unspecified atom stereocenters. The van der Waals surface area contributed by atoms with Crippen molar-refractivity contribution in [2.45, 2.75) is 12.8 Å². The Kier molecular flexibility index (Phi) is 5.34. The molecule has 0 aliphatic rings. The van der Waals surface area contributed by atoms with Gasteiger partial charge in [-0.25, -0.2) is 0 Å². The molecule has 0 spiro atoms. The molecule has 2 N–H and O–H groups in total. The summed E-state index contributed by atoms with van der Waals surface area (Å²) in [6.07, 6.45) is 2.04. The van der Waals surface area contributed by atoms with Crippen molar-refractivity contribution in [3.05, 3.63) is 101 Å². The van der Waals surface area contributed by atoms with E-state index in [1.807, 2.05) is 61.7 Å². The van der Waals surface area contributed by atoms with Gasteiger partial charge in [0.2, 0.25) is 0 Å². The third kappa shape index (κ3) is 4.02. The van der Waals surface area contributed by atoms with E-state index in [1.54, 1.807) is 7.11 Å². The van der Waals surface area contributed by atoms with Crippen molar-refractivity contribution in [2.24, 2.45) is 0 Å². The zero-order valence-electron chi connectivity index (χ0n) is 16.6. The smallest absolute Gasteiger partial charge is 0.251 e. The van der Waals surface area contributed by atoms with Crippen LogP contribution in [0.5, 0.6) is 5.75 Å². The number of nitrogens with one attached hydrogen (secondary N) is 2. The zero-order valence-corrected chi connectivity index (χ0v) is 16.6. The van der Waals surface area contributed by atoms with Gasteiger partial charge in [0.15, 0.2) is 0 Å². The lowest BCUT2D eigenvalue weighted by Crippen LogP contribution is -2.28. The van der Waals surface area contributed by atoms with Crippen LogP contribution >= 0.6 is 0 Å².